The lowest BCUT2D eigenvalue weighted by Gasteiger charge is -2.13. The van der Waals surface area contributed by atoms with Gasteiger partial charge in [0, 0.05) is 35.2 Å². The third kappa shape index (κ3) is 5.06. The first kappa shape index (κ1) is 20.9. The zero-order valence-electron chi connectivity index (χ0n) is 17.5. The Kier molecular flexibility index (Phi) is 6.52. The molecule has 158 valence electrons. The normalized spacial score (nSPS) is 10.9. The largest absolute Gasteiger partial charge is 0.361 e. The Morgan fingerprint density at radius 1 is 1.06 bits per heavy atom. The van der Waals surface area contributed by atoms with Crippen LogP contribution in [0.4, 0.5) is 0 Å². The highest BCUT2D eigenvalue weighted by Crippen LogP contribution is 2.28. The summed E-state index contributed by atoms with van der Waals surface area (Å²) in [6, 6.07) is 17.7. The minimum absolute atomic E-state index is 0.0873. The van der Waals surface area contributed by atoms with E-state index >= 15 is 0 Å². The molecular weight excluding hydrogens is 408 g/mol. The molecule has 0 aliphatic heterocycles. The van der Waals surface area contributed by atoms with E-state index in [0.717, 1.165) is 33.0 Å². The zero-order chi connectivity index (χ0) is 21.6. The van der Waals surface area contributed by atoms with E-state index in [0.29, 0.717) is 24.4 Å². The van der Waals surface area contributed by atoms with Crippen molar-refractivity contribution in [1.29, 1.82) is 0 Å². The summed E-state index contributed by atoms with van der Waals surface area (Å²) < 4.78 is 7.13. The molecule has 1 N–H and O–H groups in total. The first-order valence-corrected chi connectivity index (χ1v) is 11.1. The first-order valence-electron chi connectivity index (χ1n) is 10.1. The van der Waals surface area contributed by atoms with Crippen LogP contribution in [0.5, 0.6) is 0 Å². The van der Waals surface area contributed by atoms with Crippen molar-refractivity contribution in [2.45, 2.75) is 37.6 Å². The van der Waals surface area contributed by atoms with E-state index in [-0.39, 0.29) is 5.91 Å². The summed E-state index contributed by atoms with van der Waals surface area (Å²) in [4.78, 5) is 13.9. The predicted octanol–water partition coefficient (Wildman–Crippen LogP) is 4.76. The van der Waals surface area contributed by atoms with Crippen LogP contribution in [0.2, 0.25) is 0 Å². The van der Waals surface area contributed by atoms with Crippen LogP contribution in [-0.4, -0.2) is 20.8 Å². The Hall–Kier alpha value is -3.32. The Labute approximate surface area is 185 Å². The van der Waals surface area contributed by atoms with Crippen molar-refractivity contribution in [2.24, 2.45) is 0 Å². The summed E-state index contributed by atoms with van der Waals surface area (Å²) in [5.74, 6) is 1.44. The molecule has 0 bridgehead atoms. The van der Waals surface area contributed by atoms with E-state index in [4.69, 9.17) is 4.52 Å². The molecule has 6 nitrogen and oxygen atoms in total. The zero-order valence-corrected chi connectivity index (χ0v) is 18.4. The van der Waals surface area contributed by atoms with Crippen molar-refractivity contribution in [3.8, 4) is 0 Å². The van der Waals surface area contributed by atoms with Gasteiger partial charge in [0.2, 0.25) is 0 Å². The molecule has 0 spiro atoms. The van der Waals surface area contributed by atoms with E-state index in [1.807, 2.05) is 73.3 Å². The molecule has 0 aliphatic carbocycles. The van der Waals surface area contributed by atoms with Gasteiger partial charge in [0.05, 0.1) is 17.8 Å². The highest BCUT2D eigenvalue weighted by atomic mass is 32.2. The predicted molar refractivity (Wildman–Crippen MR) is 121 cm³/mol. The van der Waals surface area contributed by atoms with E-state index in [1.54, 1.807) is 18.0 Å². The topological polar surface area (TPSA) is 73.0 Å². The van der Waals surface area contributed by atoms with Gasteiger partial charge < -0.3 is 9.84 Å². The lowest BCUT2D eigenvalue weighted by Crippen LogP contribution is -2.24. The van der Waals surface area contributed by atoms with Gasteiger partial charge in [0.1, 0.15) is 5.76 Å². The number of carbonyl (C=O) groups excluding carboxylic acids is 1. The molecule has 1 amide bonds. The second kappa shape index (κ2) is 9.66. The molecule has 0 aliphatic rings. The summed E-state index contributed by atoms with van der Waals surface area (Å²) in [5.41, 5.74) is 4.84. The van der Waals surface area contributed by atoms with Crippen molar-refractivity contribution in [1.82, 2.24) is 20.3 Å². The molecule has 0 atom stereocenters. The van der Waals surface area contributed by atoms with Gasteiger partial charge in [-0.25, -0.2) is 0 Å². The third-order valence-corrected chi connectivity index (χ3v) is 6.23. The molecule has 0 unspecified atom stereocenters. The van der Waals surface area contributed by atoms with Gasteiger partial charge in [-0.15, -0.1) is 11.8 Å². The Morgan fingerprint density at radius 3 is 2.58 bits per heavy atom. The lowest BCUT2D eigenvalue weighted by atomic mass is 10.1. The molecule has 31 heavy (non-hydrogen) atoms. The average molecular weight is 433 g/mol. The monoisotopic (exact) mass is 432 g/mol. The second-order valence-electron chi connectivity index (χ2n) is 7.24. The fraction of sp³-hybridized carbons (Fsp3) is 0.208. The van der Waals surface area contributed by atoms with Crippen LogP contribution in [0, 0.1) is 13.8 Å². The quantitative estimate of drug-likeness (QED) is 0.407. The van der Waals surface area contributed by atoms with Gasteiger partial charge in [-0.05, 0) is 43.2 Å². The number of hydrogen-bond acceptors (Lipinski definition) is 5. The summed E-state index contributed by atoms with van der Waals surface area (Å²) in [6.07, 6.45) is 3.70. The maximum atomic E-state index is 13.0. The summed E-state index contributed by atoms with van der Waals surface area (Å²) in [5, 5.41) is 11.4. The van der Waals surface area contributed by atoms with E-state index in [9.17, 15) is 4.79 Å². The number of nitrogens with one attached hydrogen (secondary N) is 1. The third-order valence-electron chi connectivity index (χ3n) is 5.13. The summed E-state index contributed by atoms with van der Waals surface area (Å²) in [7, 11) is 0. The Morgan fingerprint density at radius 2 is 1.84 bits per heavy atom. The molecule has 4 rings (SSSR count). The molecule has 7 heteroatoms. The molecule has 2 aromatic heterocycles. The van der Waals surface area contributed by atoms with Gasteiger partial charge in [0.25, 0.3) is 5.91 Å². The number of carbonyl (C=O) groups is 1. The molecule has 0 radical (unpaired) electrons. The smallest absolute Gasteiger partial charge is 0.252 e. The van der Waals surface area contributed by atoms with E-state index < -0.39 is 0 Å². The van der Waals surface area contributed by atoms with Crippen LogP contribution in [0.3, 0.4) is 0 Å². The Bertz CT molecular complexity index is 1150. The van der Waals surface area contributed by atoms with Gasteiger partial charge in [-0.2, -0.15) is 5.10 Å². The molecular formula is C24H24N4O2S. The highest BCUT2D eigenvalue weighted by molar-refractivity contribution is 7.98. The number of nitrogens with zero attached hydrogens (tertiary/aromatic N) is 3. The second-order valence-corrected chi connectivity index (χ2v) is 8.26. The van der Waals surface area contributed by atoms with Crippen LogP contribution < -0.4 is 5.32 Å². The van der Waals surface area contributed by atoms with Gasteiger partial charge >= 0.3 is 0 Å². The standard InChI is InChI=1S/C24H24N4O2S/c1-17-22(18(2)30-27-17)16-31-23-11-6-5-10-21(23)24(29)25-14-19-8-3-4-9-20(19)15-28-13-7-12-26-28/h3-13H,14-16H2,1-2H3,(H,25,29). The van der Waals surface area contributed by atoms with Crippen molar-refractivity contribution < 1.29 is 9.32 Å². The minimum atomic E-state index is -0.0873. The van der Waals surface area contributed by atoms with Crippen molar-refractivity contribution >= 4 is 17.7 Å². The lowest BCUT2D eigenvalue weighted by molar-refractivity contribution is 0.0948. The molecule has 0 fully saturated rings. The maximum absolute atomic E-state index is 13.0. The fourth-order valence-electron chi connectivity index (χ4n) is 3.36. The molecule has 2 aromatic carbocycles. The molecule has 4 aromatic rings. The van der Waals surface area contributed by atoms with Gasteiger partial charge in [-0.1, -0.05) is 41.6 Å². The van der Waals surface area contributed by atoms with E-state index in [1.165, 1.54) is 0 Å². The average Bonchev–Trinajstić information content (AvgIpc) is 3.41. The first-order chi connectivity index (χ1) is 15.1. The maximum Gasteiger partial charge on any atom is 0.252 e. The van der Waals surface area contributed by atoms with Gasteiger partial charge in [-0.3, -0.25) is 9.48 Å². The number of thioether (sulfide) groups is 1. The minimum Gasteiger partial charge on any atom is -0.361 e. The Balaban J connectivity index is 1.44. The number of aryl methyl sites for hydroxylation is 2. The number of hydrogen-bond donors (Lipinski definition) is 1. The number of aromatic nitrogens is 3. The van der Waals surface area contributed by atoms with Crippen LogP contribution in [-0.2, 0) is 18.8 Å². The van der Waals surface area contributed by atoms with Crippen LogP contribution >= 0.6 is 11.8 Å². The number of amides is 1. The van der Waals surface area contributed by atoms with E-state index in [2.05, 4.69) is 21.6 Å². The van der Waals surface area contributed by atoms with Crippen molar-refractivity contribution in [2.75, 3.05) is 0 Å². The number of benzene rings is 2. The summed E-state index contributed by atoms with van der Waals surface area (Å²) in [6.45, 7) is 4.98. The SMILES string of the molecule is Cc1noc(C)c1CSc1ccccc1C(=O)NCc1ccccc1Cn1cccn1. The van der Waals surface area contributed by atoms with Crippen LogP contribution in [0.1, 0.15) is 38.5 Å². The van der Waals surface area contributed by atoms with Crippen LogP contribution in [0.25, 0.3) is 0 Å². The summed E-state index contributed by atoms with van der Waals surface area (Å²) >= 11 is 1.62. The highest BCUT2D eigenvalue weighted by Gasteiger charge is 2.15. The van der Waals surface area contributed by atoms with Crippen molar-refractivity contribution in [3.05, 3.63) is 101 Å². The molecule has 2 heterocycles. The van der Waals surface area contributed by atoms with Crippen LogP contribution in [0.15, 0.2) is 76.4 Å². The van der Waals surface area contributed by atoms with Crippen molar-refractivity contribution in [3.63, 3.8) is 0 Å². The molecule has 0 saturated carbocycles. The molecule has 0 saturated heterocycles. The van der Waals surface area contributed by atoms with Gasteiger partial charge in [0.15, 0.2) is 0 Å². The number of rotatable bonds is 8. The fourth-order valence-corrected chi connectivity index (χ4v) is 4.56.